The number of rotatable bonds is 3. The zero-order valence-electron chi connectivity index (χ0n) is 7.92. The maximum absolute atomic E-state index is 11.0. The van der Waals surface area contributed by atoms with Crippen molar-refractivity contribution in [3.8, 4) is 0 Å². The lowest BCUT2D eigenvalue weighted by molar-refractivity contribution is -0.116. The highest BCUT2D eigenvalue weighted by molar-refractivity contribution is 5.84. The van der Waals surface area contributed by atoms with Crippen LogP contribution >= 0.6 is 0 Å². The highest BCUT2D eigenvalue weighted by atomic mass is 16.1. The molecule has 0 unspecified atom stereocenters. The largest absolute Gasteiger partial charge is 0.303 e. The first-order valence-corrected chi connectivity index (χ1v) is 4.48. The van der Waals surface area contributed by atoms with Gasteiger partial charge in [0.2, 0.25) is 0 Å². The van der Waals surface area contributed by atoms with E-state index < -0.39 is 0 Å². The fourth-order valence-corrected chi connectivity index (χ4v) is 1.46. The molecule has 0 bridgehead atoms. The SMILES string of the molecule is C=C/C=C(\C=C/C)[C@@H]1CC(=O)CN1. The Hall–Kier alpha value is -1.15. The molecule has 1 atom stereocenters. The Kier molecular flexibility index (Phi) is 3.65. The second kappa shape index (κ2) is 4.77. The zero-order valence-corrected chi connectivity index (χ0v) is 7.92. The zero-order chi connectivity index (χ0) is 9.68. The standard InChI is InChI=1S/C11H15NO/c1-3-5-9(6-4-2)11-7-10(13)8-12-11/h3-6,11-12H,1,7-8H2,2H3/b6-4-,9-5+/t11-/m0/s1. The summed E-state index contributed by atoms with van der Waals surface area (Å²) >= 11 is 0. The third-order valence-corrected chi connectivity index (χ3v) is 2.05. The number of hydrogen-bond donors (Lipinski definition) is 1. The Labute approximate surface area is 79.0 Å². The van der Waals surface area contributed by atoms with Crippen LogP contribution < -0.4 is 5.32 Å². The van der Waals surface area contributed by atoms with Gasteiger partial charge in [0, 0.05) is 12.5 Å². The van der Waals surface area contributed by atoms with Crippen molar-refractivity contribution in [3.05, 3.63) is 36.5 Å². The second-order valence-corrected chi connectivity index (χ2v) is 3.08. The lowest BCUT2D eigenvalue weighted by Crippen LogP contribution is -2.22. The normalized spacial score (nSPS) is 24.2. The molecule has 2 nitrogen and oxygen atoms in total. The quantitative estimate of drug-likeness (QED) is 0.663. The van der Waals surface area contributed by atoms with Crippen LogP contribution in [-0.2, 0) is 4.79 Å². The molecule has 0 aromatic heterocycles. The molecule has 0 radical (unpaired) electrons. The average molecular weight is 177 g/mol. The van der Waals surface area contributed by atoms with Crippen molar-refractivity contribution in [1.82, 2.24) is 5.32 Å². The summed E-state index contributed by atoms with van der Waals surface area (Å²) in [6, 6.07) is 0.182. The second-order valence-electron chi connectivity index (χ2n) is 3.08. The number of hydrogen-bond acceptors (Lipinski definition) is 2. The van der Waals surface area contributed by atoms with Crippen LogP contribution in [0.3, 0.4) is 0 Å². The van der Waals surface area contributed by atoms with Gasteiger partial charge in [0.1, 0.15) is 5.78 Å². The molecule has 0 aliphatic carbocycles. The number of allylic oxidation sites excluding steroid dienone is 3. The van der Waals surface area contributed by atoms with Crippen molar-refractivity contribution in [3.63, 3.8) is 0 Å². The molecule has 1 fully saturated rings. The summed E-state index contributed by atoms with van der Waals surface area (Å²) in [5.74, 6) is 0.282. The molecule has 0 aromatic carbocycles. The first-order valence-electron chi connectivity index (χ1n) is 4.48. The maximum Gasteiger partial charge on any atom is 0.148 e. The number of carbonyl (C=O) groups excluding carboxylic acids is 1. The van der Waals surface area contributed by atoms with Crippen molar-refractivity contribution in [2.45, 2.75) is 19.4 Å². The lowest BCUT2D eigenvalue weighted by Gasteiger charge is -2.09. The molecular weight excluding hydrogens is 162 g/mol. The molecule has 1 heterocycles. The van der Waals surface area contributed by atoms with E-state index in [0.717, 1.165) is 5.57 Å². The molecule has 1 N–H and O–H groups in total. The van der Waals surface area contributed by atoms with E-state index in [0.29, 0.717) is 13.0 Å². The van der Waals surface area contributed by atoms with Crippen LogP contribution in [0.15, 0.2) is 36.5 Å². The first kappa shape index (κ1) is 9.93. The van der Waals surface area contributed by atoms with Gasteiger partial charge in [0.25, 0.3) is 0 Å². The Bertz CT molecular complexity index is 263. The molecule has 1 rings (SSSR count). The molecule has 0 spiro atoms. The predicted octanol–water partition coefficient (Wildman–Crippen LogP) is 1.61. The molecule has 1 saturated heterocycles. The average Bonchev–Trinajstić information content (AvgIpc) is 2.51. The fraction of sp³-hybridized carbons (Fsp3) is 0.364. The predicted molar refractivity (Wildman–Crippen MR) is 54.5 cm³/mol. The minimum Gasteiger partial charge on any atom is -0.303 e. The monoisotopic (exact) mass is 177 g/mol. The Morgan fingerprint density at radius 2 is 2.46 bits per heavy atom. The van der Waals surface area contributed by atoms with E-state index in [4.69, 9.17) is 0 Å². The van der Waals surface area contributed by atoms with Gasteiger partial charge in [-0.3, -0.25) is 4.79 Å². The fourth-order valence-electron chi connectivity index (χ4n) is 1.46. The molecule has 0 amide bonds. The van der Waals surface area contributed by atoms with Crippen molar-refractivity contribution in [2.24, 2.45) is 0 Å². The van der Waals surface area contributed by atoms with Crippen LogP contribution in [0.2, 0.25) is 0 Å². The molecular formula is C11H15NO. The van der Waals surface area contributed by atoms with Crippen LogP contribution in [0.5, 0.6) is 0 Å². The topological polar surface area (TPSA) is 29.1 Å². The lowest BCUT2D eigenvalue weighted by atomic mass is 10.0. The molecule has 0 aromatic rings. The summed E-state index contributed by atoms with van der Waals surface area (Å²) in [4.78, 5) is 11.0. The van der Waals surface area contributed by atoms with Crippen LogP contribution in [0.25, 0.3) is 0 Å². The Balaban J connectivity index is 2.71. The number of ketones is 1. The summed E-state index contributed by atoms with van der Waals surface area (Å²) < 4.78 is 0. The van der Waals surface area contributed by atoms with E-state index in [1.54, 1.807) is 6.08 Å². The van der Waals surface area contributed by atoms with E-state index in [2.05, 4.69) is 11.9 Å². The minimum absolute atomic E-state index is 0.182. The number of carbonyl (C=O) groups is 1. The van der Waals surface area contributed by atoms with Crippen LogP contribution in [0.1, 0.15) is 13.3 Å². The van der Waals surface area contributed by atoms with Gasteiger partial charge in [0.05, 0.1) is 6.54 Å². The van der Waals surface area contributed by atoms with Crippen LogP contribution in [0, 0.1) is 0 Å². The van der Waals surface area contributed by atoms with E-state index in [1.165, 1.54) is 0 Å². The molecule has 13 heavy (non-hydrogen) atoms. The number of nitrogens with one attached hydrogen (secondary N) is 1. The smallest absolute Gasteiger partial charge is 0.148 e. The van der Waals surface area contributed by atoms with Crippen molar-refractivity contribution < 1.29 is 4.79 Å². The van der Waals surface area contributed by atoms with E-state index in [1.807, 2.05) is 25.2 Å². The van der Waals surface area contributed by atoms with Crippen molar-refractivity contribution in [1.29, 1.82) is 0 Å². The van der Waals surface area contributed by atoms with E-state index in [-0.39, 0.29) is 11.8 Å². The molecule has 1 aliphatic rings. The summed E-state index contributed by atoms with van der Waals surface area (Å²) in [5, 5.41) is 3.16. The third-order valence-electron chi connectivity index (χ3n) is 2.05. The highest BCUT2D eigenvalue weighted by Crippen LogP contribution is 2.13. The van der Waals surface area contributed by atoms with Crippen LogP contribution in [0.4, 0.5) is 0 Å². The molecule has 2 heteroatoms. The summed E-state index contributed by atoms with van der Waals surface area (Å²) in [5.41, 5.74) is 1.13. The Morgan fingerprint density at radius 1 is 1.69 bits per heavy atom. The van der Waals surface area contributed by atoms with Crippen molar-refractivity contribution in [2.75, 3.05) is 6.54 Å². The van der Waals surface area contributed by atoms with Crippen molar-refractivity contribution >= 4 is 5.78 Å². The van der Waals surface area contributed by atoms with E-state index in [9.17, 15) is 4.79 Å². The third kappa shape index (κ3) is 2.67. The van der Waals surface area contributed by atoms with E-state index >= 15 is 0 Å². The maximum atomic E-state index is 11.0. The van der Waals surface area contributed by atoms with Gasteiger partial charge in [-0.15, -0.1) is 0 Å². The Morgan fingerprint density at radius 3 is 2.92 bits per heavy atom. The summed E-state index contributed by atoms with van der Waals surface area (Å²) in [7, 11) is 0. The van der Waals surface area contributed by atoms with Gasteiger partial charge in [-0.05, 0) is 12.5 Å². The molecule has 70 valence electrons. The molecule has 0 saturated carbocycles. The van der Waals surface area contributed by atoms with Crippen LogP contribution in [-0.4, -0.2) is 18.4 Å². The number of Topliss-reactive ketones (excluding diaryl/α,β-unsaturated/α-hetero) is 1. The first-order chi connectivity index (χ1) is 6.27. The summed E-state index contributed by atoms with van der Waals surface area (Å²) in [6.07, 6.45) is 8.28. The van der Waals surface area contributed by atoms with Gasteiger partial charge >= 0.3 is 0 Å². The van der Waals surface area contributed by atoms with Gasteiger partial charge in [-0.1, -0.05) is 30.9 Å². The van der Waals surface area contributed by atoms with Gasteiger partial charge < -0.3 is 5.32 Å². The van der Waals surface area contributed by atoms with Gasteiger partial charge in [0.15, 0.2) is 0 Å². The highest BCUT2D eigenvalue weighted by Gasteiger charge is 2.22. The molecule has 1 aliphatic heterocycles. The van der Waals surface area contributed by atoms with Gasteiger partial charge in [-0.25, -0.2) is 0 Å². The summed E-state index contributed by atoms with van der Waals surface area (Å²) in [6.45, 7) is 6.11. The minimum atomic E-state index is 0.182. The van der Waals surface area contributed by atoms with Gasteiger partial charge in [-0.2, -0.15) is 0 Å².